The van der Waals surface area contributed by atoms with E-state index >= 15 is 0 Å². The molecule has 0 atom stereocenters. The molecule has 0 spiro atoms. The number of hydrogen-bond acceptors (Lipinski definition) is 2. The molecule has 0 amide bonds. The second kappa shape index (κ2) is 3.52. The summed E-state index contributed by atoms with van der Waals surface area (Å²) < 4.78 is 19.1. The van der Waals surface area contributed by atoms with Gasteiger partial charge in [0.1, 0.15) is 18.2 Å². The molecular formula is C13H10FNO. The smallest absolute Gasteiger partial charge is 0.143 e. The van der Waals surface area contributed by atoms with Gasteiger partial charge < -0.3 is 10.1 Å². The van der Waals surface area contributed by atoms with Crippen molar-refractivity contribution in [1.29, 1.82) is 0 Å². The number of halogens is 1. The quantitative estimate of drug-likeness (QED) is 0.726. The van der Waals surface area contributed by atoms with Gasteiger partial charge in [-0.2, -0.15) is 0 Å². The van der Waals surface area contributed by atoms with E-state index in [0.29, 0.717) is 5.56 Å². The molecule has 1 aliphatic rings. The second-order valence-corrected chi connectivity index (χ2v) is 3.68. The Morgan fingerprint density at radius 2 is 1.81 bits per heavy atom. The fraction of sp³-hybridized carbons (Fsp3) is 0.0769. The van der Waals surface area contributed by atoms with E-state index in [4.69, 9.17) is 4.74 Å². The molecule has 2 aromatic rings. The SMILES string of the molecule is Fc1cccc2c1COc1ccccc1N2. The molecule has 0 saturated carbocycles. The lowest BCUT2D eigenvalue weighted by Gasteiger charge is -2.07. The molecule has 1 heterocycles. The highest BCUT2D eigenvalue weighted by Gasteiger charge is 2.15. The Morgan fingerprint density at radius 3 is 2.75 bits per heavy atom. The van der Waals surface area contributed by atoms with Crippen LogP contribution in [0.2, 0.25) is 0 Å². The van der Waals surface area contributed by atoms with Crippen LogP contribution in [0.1, 0.15) is 5.56 Å². The maximum Gasteiger partial charge on any atom is 0.143 e. The first-order valence-corrected chi connectivity index (χ1v) is 5.11. The molecule has 1 aliphatic heterocycles. The zero-order chi connectivity index (χ0) is 11.0. The third-order valence-electron chi connectivity index (χ3n) is 2.65. The average Bonchev–Trinajstić information content (AvgIpc) is 2.48. The first kappa shape index (κ1) is 9.21. The minimum absolute atomic E-state index is 0.238. The summed E-state index contributed by atoms with van der Waals surface area (Å²) >= 11 is 0. The van der Waals surface area contributed by atoms with Gasteiger partial charge in [0.2, 0.25) is 0 Å². The molecule has 0 fully saturated rings. The first-order valence-electron chi connectivity index (χ1n) is 5.11. The zero-order valence-electron chi connectivity index (χ0n) is 8.53. The lowest BCUT2D eigenvalue weighted by atomic mass is 10.1. The summed E-state index contributed by atoms with van der Waals surface area (Å²) in [6.07, 6.45) is 0. The van der Waals surface area contributed by atoms with Crippen molar-refractivity contribution in [3.63, 3.8) is 0 Å². The Kier molecular flexibility index (Phi) is 2.03. The molecule has 0 aromatic heterocycles. The molecule has 0 saturated heterocycles. The maximum absolute atomic E-state index is 13.6. The molecule has 2 aromatic carbocycles. The molecule has 2 nitrogen and oxygen atoms in total. The monoisotopic (exact) mass is 215 g/mol. The summed E-state index contributed by atoms with van der Waals surface area (Å²) in [5.41, 5.74) is 2.20. The Labute approximate surface area is 92.7 Å². The standard InChI is InChI=1S/C13H10FNO/c14-10-4-3-6-11-9(10)8-16-13-7-2-1-5-12(13)15-11/h1-7,15H,8H2. The van der Waals surface area contributed by atoms with Crippen molar-refractivity contribution in [2.75, 3.05) is 5.32 Å². The van der Waals surface area contributed by atoms with Crippen molar-refractivity contribution in [2.45, 2.75) is 6.61 Å². The van der Waals surface area contributed by atoms with Crippen LogP contribution in [0.4, 0.5) is 15.8 Å². The molecule has 0 bridgehead atoms. The van der Waals surface area contributed by atoms with Crippen molar-refractivity contribution >= 4 is 11.4 Å². The largest absolute Gasteiger partial charge is 0.487 e. The Balaban J connectivity index is 2.12. The van der Waals surface area contributed by atoms with Crippen LogP contribution in [0.25, 0.3) is 0 Å². The van der Waals surface area contributed by atoms with Gasteiger partial charge in [-0.1, -0.05) is 18.2 Å². The minimum atomic E-state index is -0.238. The minimum Gasteiger partial charge on any atom is -0.487 e. The number of rotatable bonds is 0. The van der Waals surface area contributed by atoms with Crippen molar-refractivity contribution in [3.8, 4) is 5.75 Å². The predicted molar refractivity (Wildman–Crippen MR) is 60.5 cm³/mol. The molecular weight excluding hydrogens is 205 g/mol. The number of nitrogens with one attached hydrogen (secondary N) is 1. The van der Waals surface area contributed by atoms with Gasteiger partial charge in [-0.15, -0.1) is 0 Å². The lowest BCUT2D eigenvalue weighted by Crippen LogP contribution is -1.97. The van der Waals surface area contributed by atoms with Crippen LogP contribution >= 0.6 is 0 Å². The summed E-state index contributed by atoms with van der Waals surface area (Å²) in [5, 5.41) is 3.18. The molecule has 16 heavy (non-hydrogen) atoms. The van der Waals surface area contributed by atoms with Gasteiger partial charge in [0, 0.05) is 11.3 Å². The van der Waals surface area contributed by atoms with Gasteiger partial charge in [-0.3, -0.25) is 0 Å². The highest BCUT2D eigenvalue weighted by molar-refractivity contribution is 5.69. The summed E-state index contributed by atoms with van der Waals surface area (Å²) in [7, 11) is 0. The van der Waals surface area contributed by atoms with E-state index in [0.717, 1.165) is 17.1 Å². The average molecular weight is 215 g/mol. The highest BCUT2D eigenvalue weighted by atomic mass is 19.1. The number of fused-ring (bicyclic) bond motifs is 2. The summed E-state index contributed by atoms with van der Waals surface area (Å²) in [4.78, 5) is 0. The number of benzene rings is 2. The number of anilines is 2. The molecule has 3 rings (SSSR count). The van der Waals surface area contributed by atoms with Gasteiger partial charge in [0.25, 0.3) is 0 Å². The third kappa shape index (κ3) is 1.41. The van der Waals surface area contributed by atoms with Crippen molar-refractivity contribution < 1.29 is 9.13 Å². The van der Waals surface area contributed by atoms with E-state index in [-0.39, 0.29) is 12.4 Å². The van der Waals surface area contributed by atoms with Crippen molar-refractivity contribution in [2.24, 2.45) is 0 Å². The second-order valence-electron chi connectivity index (χ2n) is 3.68. The van der Waals surface area contributed by atoms with Crippen molar-refractivity contribution in [1.82, 2.24) is 0 Å². The van der Waals surface area contributed by atoms with E-state index in [2.05, 4.69) is 5.32 Å². The number of para-hydroxylation sites is 2. The van der Waals surface area contributed by atoms with Crippen LogP contribution in [-0.4, -0.2) is 0 Å². The van der Waals surface area contributed by atoms with E-state index in [1.807, 2.05) is 30.3 Å². The van der Waals surface area contributed by atoms with Crippen LogP contribution in [-0.2, 0) is 6.61 Å². The Bertz CT molecular complexity index is 539. The molecule has 0 unspecified atom stereocenters. The maximum atomic E-state index is 13.6. The molecule has 1 N–H and O–H groups in total. The van der Waals surface area contributed by atoms with E-state index in [9.17, 15) is 4.39 Å². The van der Waals surface area contributed by atoms with Gasteiger partial charge in [-0.25, -0.2) is 4.39 Å². The number of hydrogen-bond donors (Lipinski definition) is 1. The van der Waals surface area contributed by atoms with Gasteiger partial charge in [0.05, 0.1) is 5.69 Å². The Morgan fingerprint density at radius 1 is 1.00 bits per heavy atom. The van der Waals surface area contributed by atoms with Gasteiger partial charge in [-0.05, 0) is 24.3 Å². The number of ether oxygens (including phenoxy) is 1. The summed E-state index contributed by atoms with van der Waals surface area (Å²) in [6, 6.07) is 12.6. The van der Waals surface area contributed by atoms with Crippen molar-refractivity contribution in [3.05, 3.63) is 53.8 Å². The topological polar surface area (TPSA) is 21.3 Å². The lowest BCUT2D eigenvalue weighted by molar-refractivity contribution is 0.304. The Hall–Kier alpha value is -2.03. The third-order valence-corrected chi connectivity index (χ3v) is 2.65. The molecule has 80 valence electrons. The first-order chi connectivity index (χ1) is 7.84. The van der Waals surface area contributed by atoms with Gasteiger partial charge in [0.15, 0.2) is 0 Å². The van der Waals surface area contributed by atoms with Crippen LogP contribution in [0, 0.1) is 5.82 Å². The summed E-state index contributed by atoms with van der Waals surface area (Å²) in [6.45, 7) is 0.256. The zero-order valence-corrected chi connectivity index (χ0v) is 8.53. The molecule has 0 aliphatic carbocycles. The normalized spacial score (nSPS) is 12.8. The van der Waals surface area contributed by atoms with E-state index in [1.165, 1.54) is 6.07 Å². The van der Waals surface area contributed by atoms with E-state index < -0.39 is 0 Å². The molecule has 3 heteroatoms. The molecule has 0 radical (unpaired) electrons. The predicted octanol–water partition coefficient (Wildman–Crippen LogP) is 3.46. The van der Waals surface area contributed by atoms with Gasteiger partial charge >= 0.3 is 0 Å². The van der Waals surface area contributed by atoms with Crippen LogP contribution in [0.3, 0.4) is 0 Å². The van der Waals surface area contributed by atoms with Crippen LogP contribution < -0.4 is 10.1 Å². The van der Waals surface area contributed by atoms with Crippen LogP contribution in [0.5, 0.6) is 5.75 Å². The fourth-order valence-corrected chi connectivity index (χ4v) is 1.81. The summed E-state index contributed by atoms with van der Waals surface area (Å²) in [5.74, 6) is 0.510. The highest BCUT2D eigenvalue weighted by Crippen LogP contribution is 2.34. The fourth-order valence-electron chi connectivity index (χ4n) is 1.81. The van der Waals surface area contributed by atoms with Crippen LogP contribution in [0.15, 0.2) is 42.5 Å². The van der Waals surface area contributed by atoms with E-state index in [1.54, 1.807) is 6.07 Å².